The van der Waals surface area contributed by atoms with Gasteiger partial charge in [-0.1, -0.05) is 12.1 Å². The first kappa shape index (κ1) is 13.6. The summed E-state index contributed by atoms with van der Waals surface area (Å²) in [4.78, 5) is 12.9. The summed E-state index contributed by atoms with van der Waals surface area (Å²) in [5.74, 6) is 3.15. The van der Waals surface area contributed by atoms with Crippen LogP contribution >= 0.6 is 11.6 Å². The molecule has 4 aliphatic carbocycles. The Balaban J connectivity index is 1.54. The maximum absolute atomic E-state index is 12.9. The van der Waals surface area contributed by atoms with Crippen LogP contribution in [-0.2, 0) is 10.7 Å². The Labute approximate surface area is 131 Å². The first-order valence-electron chi connectivity index (χ1n) is 8.13. The Morgan fingerprint density at radius 3 is 2.33 bits per heavy atom. The van der Waals surface area contributed by atoms with Gasteiger partial charge < -0.3 is 5.32 Å². The van der Waals surface area contributed by atoms with E-state index < -0.39 is 0 Å². The monoisotopic (exact) mass is 303 g/mol. The van der Waals surface area contributed by atoms with E-state index in [9.17, 15) is 4.79 Å². The number of amides is 1. The van der Waals surface area contributed by atoms with Gasteiger partial charge in [0.15, 0.2) is 0 Å². The van der Waals surface area contributed by atoms with Gasteiger partial charge in [-0.2, -0.15) is 0 Å². The molecular weight excluding hydrogens is 282 g/mol. The summed E-state index contributed by atoms with van der Waals surface area (Å²) >= 11 is 5.88. The molecule has 1 amide bonds. The highest BCUT2D eigenvalue weighted by molar-refractivity contribution is 6.17. The number of carbonyl (C=O) groups is 1. The van der Waals surface area contributed by atoms with Crippen LogP contribution in [0.15, 0.2) is 24.3 Å². The number of hydrogen-bond acceptors (Lipinski definition) is 1. The third kappa shape index (κ3) is 2.38. The van der Waals surface area contributed by atoms with Crippen molar-refractivity contribution >= 4 is 23.2 Å². The van der Waals surface area contributed by atoms with E-state index in [-0.39, 0.29) is 11.3 Å². The molecule has 0 unspecified atom stereocenters. The van der Waals surface area contributed by atoms with Crippen LogP contribution in [-0.4, -0.2) is 5.91 Å². The SMILES string of the molecule is O=C(Nc1cccc(CCl)c1)C12CC3CC(CC(C3)C1)C2. The van der Waals surface area contributed by atoms with Gasteiger partial charge in [0, 0.05) is 11.6 Å². The number of halogens is 1. The van der Waals surface area contributed by atoms with Gasteiger partial charge in [0.2, 0.25) is 5.91 Å². The van der Waals surface area contributed by atoms with Crippen LogP contribution in [0, 0.1) is 23.2 Å². The molecule has 0 saturated heterocycles. The minimum atomic E-state index is -0.0777. The van der Waals surface area contributed by atoms with Crippen molar-refractivity contribution in [3.63, 3.8) is 0 Å². The minimum absolute atomic E-state index is 0.0777. The van der Waals surface area contributed by atoms with Crippen molar-refractivity contribution in [3.8, 4) is 0 Å². The summed E-state index contributed by atoms with van der Waals surface area (Å²) in [6.07, 6.45) is 7.44. The first-order valence-corrected chi connectivity index (χ1v) is 8.67. The Morgan fingerprint density at radius 2 is 1.76 bits per heavy atom. The quantitative estimate of drug-likeness (QED) is 0.814. The Hall–Kier alpha value is -1.02. The molecule has 2 nitrogen and oxygen atoms in total. The second-order valence-corrected chi connectivity index (χ2v) is 7.75. The van der Waals surface area contributed by atoms with Crippen molar-refractivity contribution in [1.29, 1.82) is 0 Å². The van der Waals surface area contributed by atoms with Gasteiger partial charge in [-0.15, -0.1) is 11.6 Å². The van der Waals surface area contributed by atoms with Crippen molar-refractivity contribution in [1.82, 2.24) is 0 Å². The van der Waals surface area contributed by atoms with Gasteiger partial charge in [-0.3, -0.25) is 4.79 Å². The summed E-state index contributed by atoms with van der Waals surface area (Å²) in [5, 5.41) is 3.18. The lowest BCUT2D eigenvalue weighted by atomic mass is 9.49. The fraction of sp³-hybridized carbons (Fsp3) is 0.611. The van der Waals surface area contributed by atoms with Crippen molar-refractivity contribution in [2.45, 2.75) is 44.4 Å². The topological polar surface area (TPSA) is 29.1 Å². The van der Waals surface area contributed by atoms with E-state index in [0.29, 0.717) is 5.88 Å². The zero-order valence-electron chi connectivity index (χ0n) is 12.3. The molecule has 0 radical (unpaired) electrons. The summed E-state index contributed by atoms with van der Waals surface area (Å²) in [6.45, 7) is 0. The smallest absolute Gasteiger partial charge is 0.230 e. The number of benzene rings is 1. The van der Waals surface area contributed by atoms with Gasteiger partial charge in [-0.05, 0) is 74.0 Å². The number of nitrogens with one attached hydrogen (secondary N) is 1. The van der Waals surface area contributed by atoms with Crippen LogP contribution in [0.25, 0.3) is 0 Å². The van der Waals surface area contributed by atoms with Crippen molar-refractivity contribution in [3.05, 3.63) is 29.8 Å². The molecule has 4 fully saturated rings. The van der Waals surface area contributed by atoms with E-state index in [4.69, 9.17) is 11.6 Å². The summed E-state index contributed by atoms with van der Waals surface area (Å²) in [6, 6.07) is 7.92. The normalized spacial score (nSPS) is 36.7. The molecule has 1 aromatic carbocycles. The maximum atomic E-state index is 12.9. The van der Waals surface area contributed by atoms with Crippen LogP contribution in [0.1, 0.15) is 44.1 Å². The lowest BCUT2D eigenvalue weighted by Crippen LogP contribution is -2.51. The lowest BCUT2D eigenvalue weighted by Gasteiger charge is -2.55. The van der Waals surface area contributed by atoms with Crippen LogP contribution in [0.4, 0.5) is 5.69 Å². The minimum Gasteiger partial charge on any atom is -0.326 e. The van der Waals surface area contributed by atoms with Gasteiger partial charge in [0.25, 0.3) is 0 Å². The molecule has 0 atom stereocenters. The van der Waals surface area contributed by atoms with Crippen molar-refractivity contribution in [2.24, 2.45) is 23.2 Å². The first-order chi connectivity index (χ1) is 10.2. The van der Waals surface area contributed by atoms with Gasteiger partial charge in [0.1, 0.15) is 0 Å². The van der Waals surface area contributed by atoms with Crippen LogP contribution < -0.4 is 5.32 Å². The molecule has 0 aliphatic heterocycles. The van der Waals surface area contributed by atoms with Crippen LogP contribution in [0.5, 0.6) is 0 Å². The van der Waals surface area contributed by atoms with Gasteiger partial charge in [0.05, 0.1) is 5.41 Å². The Morgan fingerprint density at radius 1 is 1.14 bits per heavy atom. The molecule has 0 heterocycles. The molecule has 5 rings (SSSR count). The van der Waals surface area contributed by atoms with E-state index in [0.717, 1.165) is 48.3 Å². The average Bonchev–Trinajstić information content (AvgIpc) is 2.46. The Kier molecular flexibility index (Phi) is 3.25. The van der Waals surface area contributed by atoms with E-state index in [2.05, 4.69) is 5.32 Å². The van der Waals surface area contributed by atoms with E-state index in [1.54, 1.807) is 0 Å². The third-order valence-electron chi connectivity index (χ3n) is 5.86. The largest absolute Gasteiger partial charge is 0.326 e. The molecule has 1 N–H and O–H groups in total. The second kappa shape index (κ2) is 5.01. The van der Waals surface area contributed by atoms with Crippen molar-refractivity contribution in [2.75, 3.05) is 5.32 Å². The number of hydrogen-bond donors (Lipinski definition) is 1. The molecule has 0 spiro atoms. The van der Waals surface area contributed by atoms with Gasteiger partial charge in [-0.25, -0.2) is 0 Å². The second-order valence-electron chi connectivity index (χ2n) is 7.49. The highest BCUT2D eigenvalue weighted by Crippen LogP contribution is 2.60. The number of carbonyl (C=O) groups excluding carboxylic acids is 1. The molecule has 4 saturated carbocycles. The number of alkyl halides is 1. The van der Waals surface area contributed by atoms with E-state index in [1.807, 2.05) is 24.3 Å². The standard InChI is InChI=1S/C18H22ClNO/c19-11-12-2-1-3-16(7-12)20-17(21)18-8-13-4-14(9-18)6-15(5-13)10-18/h1-3,7,13-15H,4-6,8-11H2,(H,20,21). The average molecular weight is 304 g/mol. The van der Waals surface area contributed by atoms with E-state index >= 15 is 0 Å². The highest BCUT2D eigenvalue weighted by atomic mass is 35.5. The molecule has 3 heteroatoms. The highest BCUT2D eigenvalue weighted by Gasteiger charge is 2.54. The fourth-order valence-corrected chi connectivity index (χ4v) is 5.55. The van der Waals surface area contributed by atoms with E-state index in [1.165, 1.54) is 19.3 Å². The third-order valence-corrected chi connectivity index (χ3v) is 6.17. The summed E-state index contributed by atoms with van der Waals surface area (Å²) in [5.41, 5.74) is 1.88. The lowest BCUT2D eigenvalue weighted by molar-refractivity contribution is -0.140. The molecule has 4 aliphatic rings. The fourth-order valence-electron chi connectivity index (χ4n) is 5.38. The predicted molar refractivity (Wildman–Crippen MR) is 85.2 cm³/mol. The Bertz CT molecular complexity index is 533. The number of rotatable bonds is 3. The molecular formula is C18H22ClNO. The van der Waals surface area contributed by atoms with Crippen LogP contribution in [0.2, 0.25) is 0 Å². The molecule has 112 valence electrons. The molecule has 21 heavy (non-hydrogen) atoms. The molecule has 1 aromatic rings. The maximum Gasteiger partial charge on any atom is 0.230 e. The number of anilines is 1. The van der Waals surface area contributed by atoms with Crippen molar-refractivity contribution < 1.29 is 4.79 Å². The van der Waals surface area contributed by atoms with Gasteiger partial charge >= 0.3 is 0 Å². The predicted octanol–water partition coefficient (Wildman–Crippen LogP) is 4.58. The van der Waals surface area contributed by atoms with Crippen LogP contribution in [0.3, 0.4) is 0 Å². The summed E-state index contributed by atoms with van der Waals surface area (Å²) < 4.78 is 0. The zero-order chi connectivity index (χ0) is 14.4. The zero-order valence-corrected chi connectivity index (χ0v) is 13.0. The summed E-state index contributed by atoms with van der Waals surface area (Å²) in [7, 11) is 0. The molecule has 0 aromatic heterocycles. The molecule has 4 bridgehead atoms.